The van der Waals surface area contributed by atoms with Gasteiger partial charge in [-0.1, -0.05) is 54.2 Å². The van der Waals surface area contributed by atoms with E-state index in [1.54, 1.807) is 10.6 Å². The van der Waals surface area contributed by atoms with E-state index < -0.39 is 0 Å². The lowest BCUT2D eigenvalue weighted by Gasteiger charge is -2.28. The number of hydrogen-bond donors (Lipinski definition) is 0. The van der Waals surface area contributed by atoms with Crippen LogP contribution in [0.1, 0.15) is 22.3 Å². The number of para-hydroxylation sites is 1. The van der Waals surface area contributed by atoms with Crippen LogP contribution in [0.4, 0.5) is 0 Å². The van der Waals surface area contributed by atoms with Crippen molar-refractivity contribution < 1.29 is 4.79 Å². The molecule has 0 saturated carbocycles. The van der Waals surface area contributed by atoms with Crippen LogP contribution in [-0.4, -0.2) is 32.7 Å². The van der Waals surface area contributed by atoms with Gasteiger partial charge in [0.25, 0.3) is 5.56 Å². The number of aryl methyl sites for hydroxylation is 2. The molecule has 1 amide bonds. The second-order valence-corrected chi connectivity index (χ2v) is 9.39. The summed E-state index contributed by atoms with van der Waals surface area (Å²) < 4.78 is 1.64. The Hall–Kier alpha value is -3.38. The van der Waals surface area contributed by atoms with Gasteiger partial charge in [-0.25, -0.2) is 4.98 Å². The van der Waals surface area contributed by atoms with Gasteiger partial charge < -0.3 is 4.90 Å². The largest absolute Gasteiger partial charge is 0.337 e. The van der Waals surface area contributed by atoms with Gasteiger partial charge in [0.2, 0.25) is 5.91 Å². The molecule has 0 saturated heterocycles. The minimum Gasteiger partial charge on any atom is -0.337 e. The molecule has 0 atom stereocenters. The Bertz CT molecular complexity index is 1430. The highest BCUT2D eigenvalue weighted by Crippen LogP contribution is 2.24. The summed E-state index contributed by atoms with van der Waals surface area (Å²) in [6.07, 6.45) is 0.869. The molecule has 0 N–H and O–H groups in total. The average Bonchev–Trinajstić information content (AvgIpc) is 2.84. The summed E-state index contributed by atoms with van der Waals surface area (Å²) in [6, 6.07) is 21.6. The van der Waals surface area contributed by atoms with Gasteiger partial charge in [-0.05, 0) is 66.8 Å². The molecule has 5 rings (SSSR count). The maximum absolute atomic E-state index is 13.4. The van der Waals surface area contributed by atoms with E-state index in [9.17, 15) is 9.59 Å². The van der Waals surface area contributed by atoms with Gasteiger partial charge in [-0.2, -0.15) is 0 Å². The van der Waals surface area contributed by atoms with Gasteiger partial charge in [-0.3, -0.25) is 14.2 Å². The minimum absolute atomic E-state index is 0.0588. The van der Waals surface area contributed by atoms with E-state index >= 15 is 0 Å². The van der Waals surface area contributed by atoms with E-state index in [0.717, 1.165) is 23.2 Å². The first-order valence-corrected chi connectivity index (χ1v) is 12.1. The maximum atomic E-state index is 13.4. The molecule has 2 heterocycles. The van der Waals surface area contributed by atoms with Crippen molar-refractivity contribution in [2.75, 3.05) is 12.3 Å². The van der Waals surface area contributed by atoms with Crippen molar-refractivity contribution in [3.05, 3.63) is 99.3 Å². The zero-order valence-electron chi connectivity index (χ0n) is 18.7. The van der Waals surface area contributed by atoms with Gasteiger partial charge in [0.05, 0.1) is 22.3 Å². The van der Waals surface area contributed by atoms with Crippen LogP contribution >= 0.6 is 11.8 Å². The Morgan fingerprint density at radius 3 is 2.55 bits per heavy atom. The van der Waals surface area contributed by atoms with Crippen LogP contribution in [0.3, 0.4) is 0 Å². The SMILES string of the molecule is Cc1ccc(-n2c(SCC(=O)N3CCc4ccccc4C3)nc3ccccc3c2=O)cc1C. The second-order valence-electron chi connectivity index (χ2n) is 8.44. The molecular weight excluding hydrogens is 430 g/mol. The normalized spacial score (nSPS) is 13.2. The molecule has 0 unspecified atom stereocenters. The summed E-state index contributed by atoms with van der Waals surface area (Å²) in [5.41, 5.74) is 6.08. The lowest BCUT2D eigenvalue weighted by Crippen LogP contribution is -2.37. The van der Waals surface area contributed by atoms with Crippen molar-refractivity contribution in [2.45, 2.75) is 32.0 Å². The van der Waals surface area contributed by atoms with Gasteiger partial charge in [0, 0.05) is 13.1 Å². The summed E-state index contributed by atoms with van der Waals surface area (Å²) in [5.74, 6) is 0.293. The van der Waals surface area contributed by atoms with Crippen molar-refractivity contribution in [3.63, 3.8) is 0 Å². The number of benzene rings is 3. The van der Waals surface area contributed by atoms with Crippen molar-refractivity contribution in [1.82, 2.24) is 14.5 Å². The predicted molar refractivity (Wildman–Crippen MR) is 133 cm³/mol. The smallest absolute Gasteiger partial charge is 0.266 e. The van der Waals surface area contributed by atoms with Crippen molar-refractivity contribution in [3.8, 4) is 5.69 Å². The number of nitrogens with zero attached hydrogens (tertiary/aromatic N) is 3. The first-order valence-electron chi connectivity index (χ1n) is 11.1. The highest BCUT2D eigenvalue weighted by atomic mass is 32.2. The molecule has 1 aromatic heterocycles. The monoisotopic (exact) mass is 455 g/mol. The molecule has 0 spiro atoms. The lowest BCUT2D eigenvalue weighted by molar-refractivity contribution is -0.129. The Morgan fingerprint density at radius 1 is 0.970 bits per heavy atom. The highest BCUT2D eigenvalue weighted by Gasteiger charge is 2.22. The third kappa shape index (κ3) is 4.18. The van der Waals surface area contributed by atoms with Crippen LogP contribution in [0, 0.1) is 13.8 Å². The Labute approximate surface area is 197 Å². The summed E-state index contributed by atoms with van der Waals surface area (Å²) in [5, 5.41) is 1.10. The summed E-state index contributed by atoms with van der Waals surface area (Å²) >= 11 is 1.32. The van der Waals surface area contributed by atoms with Crippen molar-refractivity contribution >= 4 is 28.6 Å². The fraction of sp³-hybridized carbons (Fsp3) is 0.222. The van der Waals surface area contributed by atoms with E-state index in [2.05, 4.69) is 12.1 Å². The lowest BCUT2D eigenvalue weighted by atomic mass is 10.00. The number of thioether (sulfide) groups is 1. The van der Waals surface area contributed by atoms with Gasteiger partial charge in [-0.15, -0.1) is 0 Å². The maximum Gasteiger partial charge on any atom is 0.266 e. The molecule has 1 aliphatic rings. The van der Waals surface area contributed by atoms with Crippen LogP contribution < -0.4 is 5.56 Å². The average molecular weight is 456 g/mol. The van der Waals surface area contributed by atoms with Crippen molar-refractivity contribution in [2.24, 2.45) is 0 Å². The van der Waals surface area contributed by atoms with E-state index in [0.29, 0.717) is 29.1 Å². The van der Waals surface area contributed by atoms with Crippen LogP contribution in [0.5, 0.6) is 0 Å². The van der Waals surface area contributed by atoms with E-state index in [4.69, 9.17) is 4.98 Å². The molecule has 1 aliphatic heterocycles. The predicted octanol–water partition coefficient (Wildman–Crippen LogP) is 4.68. The van der Waals surface area contributed by atoms with E-state index in [-0.39, 0.29) is 17.2 Å². The summed E-state index contributed by atoms with van der Waals surface area (Å²) in [6.45, 7) is 5.42. The van der Waals surface area contributed by atoms with Gasteiger partial charge in [0.1, 0.15) is 0 Å². The number of fused-ring (bicyclic) bond motifs is 2. The minimum atomic E-state index is -0.120. The standard InChI is InChI=1S/C27H25N3O2S/c1-18-11-12-22(15-19(18)2)30-26(32)23-9-5-6-10-24(23)28-27(30)33-17-25(31)29-14-13-20-7-3-4-8-21(20)16-29/h3-12,15H,13-14,16-17H2,1-2H3. The van der Waals surface area contributed by atoms with Crippen LogP contribution in [0.15, 0.2) is 76.7 Å². The molecule has 0 bridgehead atoms. The third-order valence-electron chi connectivity index (χ3n) is 6.30. The zero-order chi connectivity index (χ0) is 22.9. The molecule has 6 heteroatoms. The molecule has 0 fully saturated rings. The molecular formula is C27H25N3O2S. The molecule has 3 aromatic carbocycles. The summed E-state index contributed by atoms with van der Waals surface area (Å²) in [4.78, 5) is 33.2. The molecule has 4 aromatic rings. The topological polar surface area (TPSA) is 55.2 Å². The summed E-state index contributed by atoms with van der Waals surface area (Å²) in [7, 11) is 0. The first kappa shape index (κ1) is 21.5. The highest BCUT2D eigenvalue weighted by molar-refractivity contribution is 7.99. The fourth-order valence-electron chi connectivity index (χ4n) is 4.23. The number of aromatic nitrogens is 2. The number of carbonyl (C=O) groups excluding carboxylic acids is 1. The number of hydrogen-bond acceptors (Lipinski definition) is 4. The number of carbonyl (C=O) groups is 1. The van der Waals surface area contributed by atoms with Gasteiger partial charge >= 0.3 is 0 Å². The second kappa shape index (κ2) is 8.87. The van der Waals surface area contributed by atoms with E-state index in [1.807, 2.05) is 67.3 Å². The molecule has 0 aliphatic carbocycles. The number of amides is 1. The molecule has 5 nitrogen and oxygen atoms in total. The Balaban J connectivity index is 1.47. The van der Waals surface area contributed by atoms with Crippen LogP contribution in [-0.2, 0) is 17.8 Å². The van der Waals surface area contributed by atoms with Crippen molar-refractivity contribution in [1.29, 1.82) is 0 Å². The van der Waals surface area contributed by atoms with E-state index in [1.165, 1.54) is 22.9 Å². The Morgan fingerprint density at radius 2 is 1.73 bits per heavy atom. The van der Waals surface area contributed by atoms with Gasteiger partial charge in [0.15, 0.2) is 5.16 Å². The fourth-order valence-corrected chi connectivity index (χ4v) is 5.14. The Kier molecular flexibility index (Phi) is 5.77. The molecule has 0 radical (unpaired) electrons. The first-order chi connectivity index (χ1) is 16.0. The zero-order valence-corrected chi connectivity index (χ0v) is 19.6. The number of rotatable bonds is 4. The third-order valence-corrected chi connectivity index (χ3v) is 7.23. The van der Waals surface area contributed by atoms with Crippen LogP contribution in [0.2, 0.25) is 0 Å². The molecule has 166 valence electrons. The molecule has 33 heavy (non-hydrogen) atoms. The quantitative estimate of drug-likeness (QED) is 0.331. The van der Waals surface area contributed by atoms with Crippen LogP contribution in [0.25, 0.3) is 16.6 Å².